The summed E-state index contributed by atoms with van der Waals surface area (Å²) in [5.74, 6) is 0.0362. The van der Waals surface area contributed by atoms with Crippen molar-refractivity contribution in [2.75, 3.05) is 5.32 Å². The lowest BCUT2D eigenvalue weighted by molar-refractivity contribution is -0.125. The molecule has 0 bridgehead atoms. The summed E-state index contributed by atoms with van der Waals surface area (Å²) in [4.78, 5) is 26.8. The molecule has 96 valence electrons. The molecule has 0 radical (unpaired) electrons. The molecule has 2 unspecified atom stereocenters. The molecule has 1 heterocycles. The van der Waals surface area contributed by atoms with Crippen molar-refractivity contribution in [1.82, 2.24) is 4.98 Å². The summed E-state index contributed by atoms with van der Waals surface area (Å²) >= 11 is 0. The van der Waals surface area contributed by atoms with Gasteiger partial charge in [0.2, 0.25) is 0 Å². The topological polar surface area (TPSA) is 79.3 Å². The molecule has 1 aliphatic carbocycles. The van der Waals surface area contributed by atoms with Crippen LogP contribution in [0.2, 0.25) is 0 Å². The van der Waals surface area contributed by atoms with Gasteiger partial charge >= 0.3 is 6.09 Å². The average molecular weight is 248 g/mol. The Hall–Kier alpha value is -1.91. The Morgan fingerprint density at radius 2 is 2.28 bits per heavy atom. The van der Waals surface area contributed by atoms with E-state index >= 15 is 0 Å². The molecule has 0 saturated heterocycles. The predicted octanol–water partition coefficient (Wildman–Crippen LogP) is 2.64. The van der Waals surface area contributed by atoms with Crippen LogP contribution in [-0.2, 0) is 4.79 Å². The Labute approximate surface area is 105 Å². The van der Waals surface area contributed by atoms with Crippen LogP contribution in [0.1, 0.15) is 37.7 Å². The molecular weight excluding hydrogens is 232 g/mol. The molecule has 0 spiro atoms. The number of carboxylic acid groups (broad SMARTS) is 1. The third-order valence-corrected chi connectivity index (χ3v) is 3.43. The molecule has 1 aromatic rings. The molecule has 1 aliphatic rings. The van der Waals surface area contributed by atoms with Crippen LogP contribution in [0.4, 0.5) is 10.5 Å². The van der Waals surface area contributed by atoms with Gasteiger partial charge in [-0.1, -0.05) is 13.3 Å². The number of nitrogens with one attached hydrogen (secondary N) is 1. The second-order valence-electron chi connectivity index (χ2n) is 4.68. The SMILES string of the molecule is CC1CCCC(c2ccncc2NC(=O)O)C1=O. The number of rotatable bonds is 2. The van der Waals surface area contributed by atoms with E-state index in [1.807, 2.05) is 6.92 Å². The van der Waals surface area contributed by atoms with Gasteiger partial charge in [-0.25, -0.2) is 4.79 Å². The van der Waals surface area contributed by atoms with Crippen LogP contribution in [0.3, 0.4) is 0 Å². The molecule has 0 aromatic carbocycles. The van der Waals surface area contributed by atoms with Crippen molar-refractivity contribution in [2.24, 2.45) is 5.92 Å². The lowest BCUT2D eigenvalue weighted by Gasteiger charge is -2.26. The molecule has 18 heavy (non-hydrogen) atoms. The van der Waals surface area contributed by atoms with Crippen LogP contribution < -0.4 is 5.32 Å². The van der Waals surface area contributed by atoms with E-state index in [4.69, 9.17) is 5.11 Å². The van der Waals surface area contributed by atoms with Crippen molar-refractivity contribution in [3.63, 3.8) is 0 Å². The van der Waals surface area contributed by atoms with E-state index in [2.05, 4.69) is 10.3 Å². The first kappa shape index (κ1) is 12.5. The number of aromatic nitrogens is 1. The molecule has 0 aliphatic heterocycles. The van der Waals surface area contributed by atoms with Gasteiger partial charge in [0.05, 0.1) is 11.9 Å². The van der Waals surface area contributed by atoms with Crippen molar-refractivity contribution in [3.05, 3.63) is 24.0 Å². The Kier molecular flexibility index (Phi) is 3.60. The van der Waals surface area contributed by atoms with Crippen LogP contribution in [0.15, 0.2) is 18.5 Å². The monoisotopic (exact) mass is 248 g/mol. The molecule has 2 atom stereocenters. The van der Waals surface area contributed by atoms with Gasteiger partial charge in [0, 0.05) is 18.0 Å². The van der Waals surface area contributed by atoms with Crippen molar-refractivity contribution in [2.45, 2.75) is 32.1 Å². The van der Waals surface area contributed by atoms with E-state index in [0.717, 1.165) is 24.8 Å². The number of nitrogens with zero attached hydrogens (tertiary/aromatic N) is 1. The fourth-order valence-corrected chi connectivity index (χ4v) is 2.49. The number of hydrogen-bond acceptors (Lipinski definition) is 3. The van der Waals surface area contributed by atoms with Crippen molar-refractivity contribution < 1.29 is 14.7 Å². The van der Waals surface area contributed by atoms with Gasteiger partial charge < -0.3 is 5.11 Å². The quantitative estimate of drug-likeness (QED) is 0.843. The van der Waals surface area contributed by atoms with Crippen LogP contribution >= 0.6 is 0 Å². The summed E-state index contributed by atoms with van der Waals surface area (Å²) in [6, 6.07) is 1.73. The highest BCUT2D eigenvalue weighted by molar-refractivity contribution is 5.92. The number of carbonyl (C=O) groups excluding carboxylic acids is 1. The molecule has 1 amide bonds. The minimum atomic E-state index is -1.14. The van der Waals surface area contributed by atoms with E-state index in [1.54, 1.807) is 12.3 Å². The van der Waals surface area contributed by atoms with E-state index in [1.165, 1.54) is 6.20 Å². The number of Topliss-reactive ketones (excluding diaryl/α,β-unsaturated/α-hetero) is 1. The smallest absolute Gasteiger partial charge is 0.409 e. The molecule has 2 rings (SSSR count). The molecule has 5 nitrogen and oxygen atoms in total. The van der Waals surface area contributed by atoms with Gasteiger partial charge in [-0.2, -0.15) is 0 Å². The highest BCUT2D eigenvalue weighted by Crippen LogP contribution is 2.36. The third-order valence-electron chi connectivity index (χ3n) is 3.43. The highest BCUT2D eigenvalue weighted by atomic mass is 16.4. The second-order valence-corrected chi connectivity index (χ2v) is 4.68. The Balaban J connectivity index is 2.32. The molecule has 5 heteroatoms. The van der Waals surface area contributed by atoms with Crippen LogP contribution in [0.25, 0.3) is 0 Å². The summed E-state index contributed by atoms with van der Waals surface area (Å²) in [6.45, 7) is 1.93. The standard InChI is InChI=1S/C13H16N2O3/c1-8-3-2-4-10(12(8)16)9-5-6-14-7-11(9)15-13(17)18/h5-8,10,15H,2-4H2,1H3,(H,17,18). The maximum absolute atomic E-state index is 12.2. The zero-order chi connectivity index (χ0) is 13.1. The lowest BCUT2D eigenvalue weighted by atomic mass is 9.77. The second kappa shape index (κ2) is 5.16. The largest absolute Gasteiger partial charge is 0.465 e. The van der Waals surface area contributed by atoms with Crippen LogP contribution in [0.5, 0.6) is 0 Å². The van der Waals surface area contributed by atoms with Crippen LogP contribution in [0, 0.1) is 5.92 Å². The first-order chi connectivity index (χ1) is 8.59. The Morgan fingerprint density at radius 1 is 1.50 bits per heavy atom. The van der Waals surface area contributed by atoms with Gasteiger partial charge in [0.25, 0.3) is 0 Å². The van der Waals surface area contributed by atoms with E-state index < -0.39 is 6.09 Å². The highest BCUT2D eigenvalue weighted by Gasteiger charge is 2.31. The molecule has 1 saturated carbocycles. The molecular formula is C13H16N2O3. The number of hydrogen-bond donors (Lipinski definition) is 2. The summed E-state index contributed by atoms with van der Waals surface area (Å²) < 4.78 is 0. The summed E-state index contributed by atoms with van der Waals surface area (Å²) in [7, 11) is 0. The summed E-state index contributed by atoms with van der Waals surface area (Å²) in [5.41, 5.74) is 1.15. The van der Waals surface area contributed by atoms with Gasteiger partial charge in [0.1, 0.15) is 5.78 Å². The molecule has 1 fully saturated rings. The number of anilines is 1. The maximum Gasteiger partial charge on any atom is 0.409 e. The maximum atomic E-state index is 12.2. The third kappa shape index (κ3) is 2.50. The predicted molar refractivity (Wildman–Crippen MR) is 66.6 cm³/mol. The fourth-order valence-electron chi connectivity index (χ4n) is 2.49. The lowest BCUT2D eigenvalue weighted by Crippen LogP contribution is -2.26. The molecule has 2 N–H and O–H groups in total. The minimum Gasteiger partial charge on any atom is -0.465 e. The zero-order valence-electron chi connectivity index (χ0n) is 10.2. The van der Waals surface area contributed by atoms with Gasteiger partial charge in [-0.05, 0) is 24.5 Å². The van der Waals surface area contributed by atoms with E-state index in [0.29, 0.717) is 5.69 Å². The van der Waals surface area contributed by atoms with Gasteiger partial charge in [-0.15, -0.1) is 0 Å². The van der Waals surface area contributed by atoms with E-state index in [9.17, 15) is 9.59 Å². The normalized spacial score (nSPS) is 23.7. The average Bonchev–Trinajstić information content (AvgIpc) is 2.33. The number of pyridine rings is 1. The minimum absolute atomic E-state index is 0.0505. The number of ketones is 1. The fraction of sp³-hybridized carbons (Fsp3) is 0.462. The number of carbonyl (C=O) groups is 2. The molecule has 1 aromatic heterocycles. The van der Waals surface area contributed by atoms with Crippen molar-refractivity contribution >= 4 is 17.6 Å². The first-order valence-corrected chi connectivity index (χ1v) is 6.07. The first-order valence-electron chi connectivity index (χ1n) is 6.07. The summed E-state index contributed by atoms with van der Waals surface area (Å²) in [6.07, 6.45) is 4.60. The Morgan fingerprint density at radius 3 is 3.00 bits per heavy atom. The zero-order valence-corrected chi connectivity index (χ0v) is 10.2. The summed E-state index contributed by atoms with van der Waals surface area (Å²) in [5, 5.41) is 11.1. The van der Waals surface area contributed by atoms with Crippen LogP contribution in [-0.4, -0.2) is 22.0 Å². The Bertz CT molecular complexity index is 473. The van der Waals surface area contributed by atoms with Gasteiger partial charge in [-0.3, -0.25) is 15.1 Å². The number of amides is 1. The van der Waals surface area contributed by atoms with Gasteiger partial charge in [0.15, 0.2) is 0 Å². The van der Waals surface area contributed by atoms with Crippen molar-refractivity contribution in [1.29, 1.82) is 0 Å². The van der Waals surface area contributed by atoms with E-state index in [-0.39, 0.29) is 17.6 Å². The van der Waals surface area contributed by atoms with Crippen molar-refractivity contribution in [3.8, 4) is 0 Å².